The average molecular weight is 278 g/mol. The first-order chi connectivity index (χ1) is 9.43. The summed E-state index contributed by atoms with van der Waals surface area (Å²) in [5.41, 5.74) is 2.93. The molecule has 0 spiro atoms. The van der Waals surface area contributed by atoms with Crippen LogP contribution < -0.4 is 10.6 Å². The van der Waals surface area contributed by atoms with Crippen LogP contribution in [0.5, 0.6) is 0 Å². The van der Waals surface area contributed by atoms with Crippen molar-refractivity contribution in [3.63, 3.8) is 0 Å². The summed E-state index contributed by atoms with van der Waals surface area (Å²) in [7, 11) is 0. The number of aliphatic carboxylic acids is 1. The lowest BCUT2D eigenvalue weighted by Crippen LogP contribution is -2.33. The fourth-order valence-corrected chi connectivity index (χ4v) is 2.00. The normalized spacial score (nSPS) is 11.8. The van der Waals surface area contributed by atoms with Gasteiger partial charge < -0.3 is 15.7 Å². The van der Waals surface area contributed by atoms with Crippen LogP contribution in [0.2, 0.25) is 0 Å². The molecule has 20 heavy (non-hydrogen) atoms. The molecule has 0 aliphatic heterocycles. The van der Waals surface area contributed by atoms with Crippen molar-refractivity contribution in [2.24, 2.45) is 5.92 Å². The summed E-state index contributed by atoms with van der Waals surface area (Å²) in [6.45, 7) is 6.11. The van der Waals surface area contributed by atoms with E-state index in [0.717, 1.165) is 23.2 Å². The molecule has 1 unspecified atom stereocenters. The number of carboxylic acids is 1. The zero-order chi connectivity index (χ0) is 15.1. The Bertz CT molecular complexity index is 486. The number of para-hydroxylation sites is 1. The third-order valence-corrected chi connectivity index (χ3v) is 3.11. The third-order valence-electron chi connectivity index (χ3n) is 3.11. The number of hydrogen-bond acceptors (Lipinski definition) is 2. The number of rotatable bonds is 6. The van der Waals surface area contributed by atoms with E-state index in [1.54, 1.807) is 6.92 Å². The topological polar surface area (TPSA) is 78.4 Å². The zero-order valence-electron chi connectivity index (χ0n) is 12.2. The molecule has 0 aromatic heterocycles. The van der Waals surface area contributed by atoms with Crippen LogP contribution >= 0.6 is 0 Å². The molecule has 5 nitrogen and oxygen atoms in total. The molecule has 0 aliphatic rings. The fourth-order valence-electron chi connectivity index (χ4n) is 2.00. The van der Waals surface area contributed by atoms with E-state index in [2.05, 4.69) is 10.6 Å². The molecule has 0 fully saturated rings. The largest absolute Gasteiger partial charge is 0.481 e. The zero-order valence-corrected chi connectivity index (χ0v) is 12.2. The molecule has 110 valence electrons. The Morgan fingerprint density at radius 2 is 2.05 bits per heavy atom. The second kappa shape index (κ2) is 7.53. The molecular weight excluding hydrogens is 256 g/mol. The van der Waals surface area contributed by atoms with Crippen molar-refractivity contribution < 1.29 is 14.7 Å². The number of carbonyl (C=O) groups is 2. The molecule has 1 rings (SSSR count). The van der Waals surface area contributed by atoms with E-state index < -0.39 is 5.97 Å². The van der Waals surface area contributed by atoms with Crippen LogP contribution in [0.15, 0.2) is 18.2 Å². The molecule has 0 radical (unpaired) electrons. The van der Waals surface area contributed by atoms with Gasteiger partial charge in [-0.3, -0.25) is 4.79 Å². The van der Waals surface area contributed by atoms with Gasteiger partial charge in [-0.2, -0.15) is 0 Å². The molecule has 2 amide bonds. The number of carboxylic acid groups (broad SMARTS) is 1. The maximum absolute atomic E-state index is 11.9. The molecule has 3 N–H and O–H groups in total. The van der Waals surface area contributed by atoms with Gasteiger partial charge in [0.05, 0.1) is 0 Å². The van der Waals surface area contributed by atoms with Crippen molar-refractivity contribution in [3.05, 3.63) is 29.3 Å². The number of carbonyl (C=O) groups excluding carboxylic acids is 1. The molecule has 0 aliphatic carbocycles. The van der Waals surface area contributed by atoms with Crippen molar-refractivity contribution in [1.82, 2.24) is 5.32 Å². The molecule has 5 heteroatoms. The Balaban J connectivity index is 2.57. The summed E-state index contributed by atoms with van der Waals surface area (Å²) in [4.78, 5) is 22.4. The highest BCUT2D eigenvalue weighted by Crippen LogP contribution is 2.20. The monoisotopic (exact) mass is 278 g/mol. The van der Waals surface area contributed by atoms with Crippen molar-refractivity contribution in [2.45, 2.75) is 33.6 Å². The van der Waals surface area contributed by atoms with Gasteiger partial charge in [0.25, 0.3) is 0 Å². The highest BCUT2D eigenvalue weighted by atomic mass is 16.4. The first kappa shape index (κ1) is 16.0. The van der Waals surface area contributed by atoms with Crippen LogP contribution in [0.25, 0.3) is 0 Å². The number of benzene rings is 1. The maximum atomic E-state index is 11.9. The van der Waals surface area contributed by atoms with Gasteiger partial charge in [-0.1, -0.05) is 32.0 Å². The quantitative estimate of drug-likeness (QED) is 0.748. The second-order valence-electron chi connectivity index (χ2n) is 5.00. The molecule has 0 saturated carbocycles. The minimum absolute atomic E-state index is 0.0465. The van der Waals surface area contributed by atoms with E-state index in [1.165, 1.54) is 0 Å². The maximum Gasteiger partial charge on any atom is 0.319 e. The fraction of sp³-hybridized carbons (Fsp3) is 0.467. The molecule has 0 saturated heterocycles. The summed E-state index contributed by atoms with van der Waals surface area (Å²) < 4.78 is 0. The van der Waals surface area contributed by atoms with Crippen molar-refractivity contribution in [2.75, 3.05) is 11.9 Å². The minimum Gasteiger partial charge on any atom is -0.481 e. The first-order valence-electron chi connectivity index (χ1n) is 6.79. The van der Waals surface area contributed by atoms with E-state index >= 15 is 0 Å². The van der Waals surface area contributed by atoms with Crippen molar-refractivity contribution in [1.29, 1.82) is 0 Å². The Hall–Kier alpha value is -2.04. The van der Waals surface area contributed by atoms with Gasteiger partial charge in [0.2, 0.25) is 0 Å². The lowest BCUT2D eigenvalue weighted by molar-refractivity contribution is -0.137. The summed E-state index contributed by atoms with van der Waals surface area (Å²) in [5, 5.41) is 14.2. The molecule has 1 aromatic carbocycles. The lowest BCUT2D eigenvalue weighted by Gasteiger charge is -2.15. The molecule has 1 aromatic rings. The van der Waals surface area contributed by atoms with Gasteiger partial charge in [-0.15, -0.1) is 0 Å². The summed E-state index contributed by atoms with van der Waals surface area (Å²) in [6, 6.07) is 5.59. The molecule has 1 atom stereocenters. The van der Waals surface area contributed by atoms with E-state index in [0.29, 0.717) is 6.54 Å². The highest BCUT2D eigenvalue weighted by molar-refractivity contribution is 5.91. The van der Waals surface area contributed by atoms with Crippen LogP contribution in [-0.2, 0) is 11.2 Å². The third kappa shape index (κ3) is 4.91. The lowest BCUT2D eigenvalue weighted by atomic mass is 10.1. The van der Waals surface area contributed by atoms with Gasteiger partial charge in [0.1, 0.15) is 0 Å². The Morgan fingerprint density at radius 3 is 2.65 bits per heavy atom. The van der Waals surface area contributed by atoms with Gasteiger partial charge in [-0.05, 0) is 30.4 Å². The number of hydrogen-bond donors (Lipinski definition) is 3. The number of aryl methyl sites for hydroxylation is 2. The van der Waals surface area contributed by atoms with E-state index in [4.69, 9.17) is 5.11 Å². The Kier molecular flexibility index (Phi) is 6.03. The number of nitrogens with one attached hydrogen (secondary N) is 2. The number of amides is 2. The van der Waals surface area contributed by atoms with Crippen molar-refractivity contribution >= 4 is 17.7 Å². The predicted octanol–water partition coefficient (Wildman–Crippen LogP) is 2.79. The van der Waals surface area contributed by atoms with Gasteiger partial charge >= 0.3 is 12.0 Å². The van der Waals surface area contributed by atoms with Gasteiger partial charge in [0.15, 0.2) is 0 Å². The molecule has 0 bridgehead atoms. The van der Waals surface area contributed by atoms with Crippen LogP contribution in [0.4, 0.5) is 10.5 Å². The van der Waals surface area contributed by atoms with Crippen molar-refractivity contribution in [3.8, 4) is 0 Å². The second-order valence-corrected chi connectivity index (χ2v) is 5.00. The van der Waals surface area contributed by atoms with E-state index in [9.17, 15) is 9.59 Å². The SMILES string of the molecule is CCc1cccc(C)c1NC(=O)NCC(C)CC(=O)O. The molecular formula is C15H22N2O3. The average Bonchev–Trinajstić information content (AvgIpc) is 2.38. The summed E-state index contributed by atoms with van der Waals surface area (Å²) >= 11 is 0. The molecule has 0 heterocycles. The first-order valence-corrected chi connectivity index (χ1v) is 6.79. The Labute approximate surface area is 119 Å². The predicted molar refractivity (Wildman–Crippen MR) is 79.0 cm³/mol. The number of urea groups is 1. The standard InChI is InChI=1S/C15H22N2O3/c1-4-12-7-5-6-11(3)14(12)17-15(20)16-9-10(2)8-13(18)19/h5-7,10H,4,8-9H2,1-3H3,(H,18,19)(H2,16,17,20). The summed E-state index contributed by atoms with van der Waals surface area (Å²) in [6.07, 6.45) is 0.886. The Morgan fingerprint density at radius 1 is 1.35 bits per heavy atom. The van der Waals surface area contributed by atoms with Crippen LogP contribution in [0.1, 0.15) is 31.4 Å². The number of anilines is 1. The van der Waals surface area contributed by atoms with Gasteiger partial charge in [-0.25, -0.2) is 4.79 Å². The summed E-state index contributed by atoms with van der Waals surface area (Å²) in [5.74, 6) is -0.951. The smallest absolute Gasteiger partial charge is 0.319 e. The van der Waals surface area contributed by atoms with Crippen LogP contribution in [-0.4, -0.2) is 23.7 Å². The van der Waals surface area contributed by atoms with E-state index in [1.807, 2.05) is 32.0 Å². The van der Waals surface area contributed by atoms with E-state index in [-0.39, 0.29) is 18.4 Å². The van der Waals surface area contributed by atoms with Crippen LogP contribution in [0, 0.1) is 12.8 Å². The highest BCUT2D eigenvalue weighted by Gasteiger charge is 2.11. The van der Waals surface area contributed by atoms with Crippen LogP contribution in [0.3, 0.4) is 0 Å². The minimum atomic E-state index is -0.855. The van der Waals surface area contributed by atoms with Gasteiger partial charge in [0, 0.05) is 18.7 Å².